The molecule has 1 N–H and O–H groups in total. The van der Waals surface area contributed by atoms with Gasteiger partial charge in [0.2, 0.25) is 12.7 Å². The Morgan fingerprint density at radius 3 is 3.10 bits per heavy atom. The van der Waals surface area contributed by atoms with Crippen molar-refractivity contribution in [3.8, 4) is 11.5 Å². The van der Waals surface area contributed by atoms with E-state index in [1.165, 1.54) is 6.33 Å². The van der Waals surface area contributed by atoms with Crippen molar-refractivity contribution in [1.82, 2.24) is 20.1 Å². The third-order valence-electron chi connectivity index (χ3n) is 2.96. The fraction of sp³-hybridized carbons (Fsp3) is 0.308. The van der Waals surface area contributed by atoms with Crippen molar-refractivity contribution >= 4 is 5.91 Å². The summed E-state index contributed by atoms with van der Waals surface area (Å²) in [5.74, 6) is 1.43. The summed E-state index contributed by atoms with van der Waals surface area (Å²) >= 11 is 0. The van der Waals surface area contributed by atoms with Gasteiger partial charge in [-0.25, -0.2) is 4.98 Å². The molecule has 1 aromatic carbocycles. The third kappa shape index (κ3) is 2.87. The summed E-state index contributed by atoms with van der Waals surface area (Å²) in [7, 11) is 0. The van der Waals surface area contributed by atoms with E-state index in [9.17, 15) is 4.79 Å². The van der Waals surface area contributed by atoms with Gasteiger partial charge >= 0.3 is 0 Å². The second kappa shape index (κ2) is 5.60. The van der Waals surface area contributed by atoms with Gasteiger partial charge in [0.25, 0.3) is 0 Å². The third-order valence-corrected chi connectivity index (χ3v) is 2.96. The Morgan fingerprint density at radius 2 is 2.25 bits per heavy atom. The monoisotopic (exact) mass is 274 g/mol. The number of amides is 1. The minimum atomic E-state index is -0.0295. The molecular formula is C13H14N4O3. The summed E-state index contributed by atoms with van der Waals surface area (Å²) in [5, 5.41) is 6.80. The minimum Gasteiger partial charge on any atom is -0.454 e. The molecule has 3 rings (SSSR count). The van der Waals surface area contributed by atoms with Crippen LogP contribution in [0.15, 0.2) is 30.9 Å². The fourth-order valence-electron chi connectivity index (χ4n) is 1.90. The fourth-order valence-corrected chi connectivity index (χ4v) is 1.90. The van der Waals surface area contributed by atoms with Crippen LogP contribution in [0.25, 0.3) is 0 Å². The molecule has 0 atom stereocenters. The summed E-state index contributed by atoms with van der Waals surface area (Å²) in [6.07, 6.45) is 3.41. The molecule has 0 saturated heterocycles. The first kappa shape index (κ1) is 12.5. The van der Waals surface area contributed by atoms with E-state index < -0.39 is 0 Å². The highest BCUT2D eigenvalue weighted by Crippen LogP contribution is 2.32. The summed E-state index contributed by atoms with van der Waals surface area (Å²) in [6, 6.07) is 5.63. The van der Waals surface area contributed by atoms with Gasteiger partial charge in [-0.05, 0) is 17.7 Å². The Bertz CT molecular complexity index is 598. The molecule has 0 fully saturated rings. The molecule has 2 aromatic rings. The summed E-state index contributed by atoms with van der Waals surface area (Å²) in [5.41, 5.74) is 0.975. The van der Waals surface area contributed by atoms with Gasteiger partial charge in [-0.2, -0.15) is 5.10 Å². The Kier molecular flexibility index (Phi) is 3.49. The number of aromatic nitrogens is 3. The van der Waals surface area contributed by atoms with E-state index in [1.54, 1.807) is 11.0 Å². The van der Waals surface area contributed by atoms with E-state index in [0.29, 0.717) is 19.5 Å². The van der Waals surface area contributed by atoms with Crippen molar-refractivity contribution in [2.45, 2.75) is 19.5 Å². The molecule has 20 heavy (non-hydrogen) atoms. The smallest absolute Gasteiger partial charge is 0.231 e. The second-order valence-electron chi connectivity index (χ2n) is 4.37. The van der Waals surface area contributed by atoms with Crippen LogP contribution in [0.5, 0.6) is 11.5 Å². The molecule has 104 valence electrons. The lowest BCUT2D eigenvalue weighted by molar-refractivity contribution is -0.121. The quantitative estimate of drug-likeness (QED) is 0.869. The highest BCUT2D eigenvalue weighted by molar-refractivity contribution is 5.75. The second-order valence-corrected chi connectivity index (χ2v) is 4.37. The van der Waals surface area contributed by atoms with Crippen molar-refractivity contribution in [2.24, 2.45) is 0 Å². The van der Waals surface area contributed by atoms with E-state index in [1.807, 2.05) is 18.2 Å². The molecule has 7 heteroatoms. The van der Waals surface area contributed by atoms with Crippen LogP contribution in [0.2, 0.25) is 0 Å². The van der Waals surface area contributed by atoms with Gasteiger partial charge in [0.1, 0.15) is 12.7 Å². The van der Waals surface area contributed by atoms with E-state index in [0.717, 1.165) is 17.1 Å². The highest BCUT2D eigenvalue weighted by Gasteiger charge is 2.13. The molecule has 0 bridgehead atoms. The molecule has 0 spiro atoms. The Labute approximate surface area is 115 Å². The minimum absolute atomic E-state index is 0.0295. The normalized spacial score (nSPS) is 12.4. The zero-order valence-electron chi connectivity index (χ0n) is 10.8. The zero-order valence-corrected chi connectivity index (χ0v) is 10.8. The van der Waals surface area contributed by atoms with Crippen molar-refractivity contribution in [2.75, 3.05) is 6.79 Å². The van der Waals surface area contributed by atoms with Gasteiger partial charge in [-0.1, -0.05) is 6.07 Å². The summed E-state index contributed by atoms with van der Waals surface area (Å²) < 4.78 is 12.1. The van der Waals surface area contributed by atoms with E-state index in [2.05, 4.69) is 15.4 Å². The molecule has 2 heterocycles. The van der Waals surface area contributed by atoms with Crippen LogP contribution in [0.3, 0.4) is 0 Å². The van der Waals surface area contributed by atoms with Gasteiger partial charge < -0.3 is 14.8 Å². The van der Waals surface area contributed by atoms with E-state index in [4.69, 9.17) is 9.47 Å². The maximum atomic E-state index is 11.7. The number of hydrogen-bond donors (Lipinski definition) is 1. The number of fused-ring (bicyclic) bond motifs is 1. The lowest BCUT2D eigenvalue weighted by Gasteiger charge is -2.06. The summed E-state index contributed by atoms with van der Waals surface area (Å²) in [4.78, 5) is 15.5. The lowest BCUT2D eigenvalue weighted by Crippen LogP contribution is -2.24. The molecule has 0 aliphatic carbocycles. The van der Waals surface area contributed by atoms with Crippen LogP contribution in [-0.4, -0.2) is 27.5 Å². The van der Waals surface area contributed by atoms with Crippen LogP contribution < -0.4 is 14.8 Å². The van der Waals surface area contributed by atoms with Crippen molar-refractivity contribution in [3.05, 3.63) is 36.4 Å². The molecular weight excluding hydrogens is 260 g/mol. The first-order valence-corrected chi connectivity index (χ1v) is 6.29. The van der Waals surface area contributed by atoms with E-state index >= 15 is 0 Å². The zero-order chi connectivity index (χ0) is 13.8. The molecule has 0 radical (unpaired) electrons. The van der Waals surface area contributed by atoms with Crippen LogP contribution in [0.4, 0.5) is 0 Å². The predicted octanol–water partition coefficient (Wildman–Crippen LogP) is 0.713. The Morgan fingerprint density at radius 1 is 1.35 bits per heavy atom. The van der Waals surface area contributed by atoms with Gasteiger partial charge in [-0.3, -0.25) is 9.48 Å². The maximum absolute atomic E-state index is 11.7. The van der Waals surface area contributed by atoms with Crippen molar-refractivity contribution in [3.63, 3.8) is 0 Å². The first-order valence-electron chi connectivity index (χ1n) is 6.29. The highest BCUT2D eigenvalue weighted by atomic mass is 16.7. The number of hydrogen-bond acceptors (Lipinski definition) is 5. The average Bonchev–Trinajstić information content (AvgIpc) is 3.13. The Hall–Kier alpha value is -2.57. The van der Waals surface area contributed by atoms with Crippen LogP contribution in [0.1, 0.15) is 12.0 Å². The van der Waals surface area contributed by atoms with Gasteiger partial charge in [0, 0.05) is 13.0 Å². The van der Waals surface area contributed by atoms with Crippen LogP contribution >= 0.6 is 0 Å². The molecule has 0 unspecified atom stereocenters. The van der Waals surface area contributed by atoms with Crippen molar-refractivity contribution < 1.29 is 14.3 Å². The SMILES string of the molecule is O=C(CCn1cncn1)NCc1ccc2c(c1)OCO2. The topological polar surface area (TPSA) is 78.3 Å². The predicted molar refractivity (Wildman–Crippen MR) is 69.1 cm³/mol. The average molecular weight is 274 g/mol. The van der Waals surface area contributed by atoms with Gasteiger partial charge in [0.15, 0.2) is 11.5 Å². The summed E-state index contributed by atoms with van der Waals surface area (Å²) in [6.45, 7) is 1.24. The van der Waals surface area contributed by atoms with Gasteiger partial charge in [-0.15, -0.1) is 0 Å². The Balaban J connectivity index is 1.48. The number of carbonyl (C=O) groups excluding carboxylic acids is 1. The number of ether oxygens (including phenoxy) is 2. The number of aryl methyl sites for hydroxylation is 1. The van der Waals surface area contributed by atoms with Gasteiger partial charge in [0.05, 0.1) is 6.54 Å². The number of rotatable bonds is 5. The number of benzene rings is 1. The maximum Gasteiger partial charge on any atom is 0.231 e. The number of nitrogens with zero attached hydrogens (tertiary/aromatic N) is 3. The van der Waals surface area contributed by atoms with Crippen LogP contribution in [-0.2, 0) is 17.9 Å². The van der Waals surface area contributed by atoms with Crippen molar-refractivity contribution in [1.29, 1.82) is 0 Å². The lowest BCUT2D eigenvalue weighted by atomic mass is 10.2. The standard InChI is InChI=1S/C13H14N4O3/c18-13(3-4-17-8-14-7-16-17)15-6-10-1-2-11-12(5-10)20-9-19-11/h1-2,5,7-8H,3-4,6,9H2,(H,15,18). The van der Waals surface area contributed by atoms with Crippen LogP contribution in [0, 0.1) is 0 Å². The molecule has 1 amide bonds. The van der Waals surface area contributed by atoms with E-state index in [-0.39, 0.29) is 12.7 Å². The molecule has 7 nitrogen and oxygen atoms in total. The largest absolute Gasteiger partial charge is 0.454 e. The number of nitrogens with one attached hydrogen (secondary N) is 1. The first-order chi connectivity index (χ1) is 9.81. The molecule has 1 aliphatic heterocycles. The molecule has 1 aromatic heterocycles. The number of carbonyl (C=O) groups is 1. The molecule has 0 saturated carbocycles. The molecule has 1 aliphatic rings.